The van der Waals surface area contributed by atoms with E-state index in [9.17, 15) is 9.59 Å². The number of benzene rings is 3. The Labute approximate surface area is 215 Å². The van der Waals surface area contributed by atoms with Crippen molar-refractivity contribution in [3.05, 3.63) is 97.8 Å². The van der Waals surface area contributed by atoms with Crippen molar-refractivity contribution in [1.82, 2.24) is 0 Å². The lowest BCUT2D eigenvalue weighted by Crippen LogP contribution is -2.15. The fraction of sp³-hybridized carbons (Fsp3) is 0.185. The lowest BCUT2D eigenvalue weighted by Gasteiger charge is -2.20. The van der Waals surface area contributed by atoms with Gasteiger partial charge in [-0.2, -0.15) is 0 Å². The quantitative estimate of drug-likeness (QED) is 0.314. The number of nitrogens with one attached hydrogen (secondary N) is 1. The number of amides is 1. The van der Waals surface area contributed by atoms with E-state index in [1.54, 1.807) is 0 Å². The second-order valence-corrected chi connectivity index (χ2v) is 10.8. The van der Waals surface area contributed by atoms with E-state index >= 15 is 0 Å². The highest BCUT2D eigenvalue weighted by atomic mass is 79.9. The van der Waals surface area contributed by atoms with Gasteiger partial charge in [0.1, 0.15) is 0 Å². The number of carbonyl (C=O) groups excluding carboxylic acids is 1. The predicted molar refractivity (Wildman–Crippen MR) is 143 cm³/mol. The number of rotatable bonds is 7. The molecule has 1 saturated carbocycles. The highest BCUT2D eigenvalue weighted by Crippen LogP contribution is 2.49. The molecule has 0 bridgehead atoms. The predicted octanol–water partition coefficient (Wildman–Crippen LogP) is 7.70. The number of carbonyl (C=O) groups is 2. The Morgan fingerprint density at radius 3 is 2.41 bits per heavy atom. The van der Waals surface area contributed by atoms with Crippen molar-refractivity contribution < 1.29 is 14.7 Å². The van der Waals surface area contributed by atoms with Crippen LogP contribution in [0.3, 0.4) is 0 Å². The number of carboxylic acids is 1. The van der Waals surface area contributed by atoms with Gasteiger partial charge in [-0.05, 0) is 63.8 Å². The van der Waals surface area contributed by atoms with Crippen molar-refractivity contribution in [1.29, 1.82) is 0 Å². The Kier molecular flexibility index (Phi) is 6.56. The molecule has 1 unspecified atom stereocenters. The summed E-state index contributed by atoms with van der Waals surface area (Å²) < 4.78 is 1.08. The molecule has 0 radical (unpaired) electrons. The average Bonchev–Trinajstić information content (AvgIpc) is 3.61. The summed E-state index contributed by atoms with van der Waals surface area (Å²) in [5.74, 6) is -0.330. The van der Waals surface area contributed by atoms with E-state index in [1.165, 1.54) is 64.7 Å². The van der Waals surface area contributed by atoms with Gasteiger partial charge in [0.25, 0.3) is 0 Å². The molecule has 0 saturated heterocycles. The average molecular weight is 555 g/mol. The van der Waals surface area contributed by atoms with E-state index in [-0.39, 0.29) is 28.2 Å². The van der Waals surface area contributed by atoms with Gasteiger partial charge in [0.2, 0.25) is 5.91 Å². The van der Waals surface area contributed by atoms with Gasteiger partial charge in [-0.15, -0.1) is 11.8 Å². The summed E-state index contributed by atoms with van der Waals surface area (Å²) in [6, 6.07) is 17.3. The Bertz CT molecular complexity index is 1380. The Morgan fingerprint density at radius 2 is 1.74 bits per heavy atom. The number of thioether (sulfide) groups is 1. The van der Waals surface area contributed by atoms with Crippen molar-refractivity contribution in [3.63, 3.8) is 0 Å². The number of anilines is 1. The van der Waals surface area contributed by atoms with Crippen molar-refractivity contribution in [2.45, 2.75) is 24.7 Å². The molecule has 4 nitrogen and oxygen atoms in total. The van der Waals surface area contributed by atoms with Crippen LogP contribution in [0.25, 0.3) is 10.8 Å². The van der Waals surface area contributed by atoms with Crippen LogP contribution in [0.1, 0.15) is 46.2 Å². The van der Waals surface area contributed by atoms with Crippen LogP contribution in [0.15, 0.2) is 76.1 Å². The van der Waals surface area contributed by atoms with E-state index < -0.39 is 5.97 Å². The monoisotopic (exact) mass is 553 g/mol. The largest absolute Gasteiger partial charge is 0.478 e. The molecule has 34 heavy (non-hydrogen) atoms. The zero-order valence-electron chi connectivity index (χ0n) is 18.1. The molecule has 0 spiro atoms. The molecular weight excluding hydrogens is 534 g/mol. The second kappa shape index (κ2) is 9.61. The summed E-state index contributed by atoms with van der Waals surface area (Å²) in [4.78, 5) is 24.8. The first-order chi connectivity index (χ1) is 16.4. The van der Waals surface area contributed by atoms with Gasteiger partial charge in [-0.25, -0.2) is 4.79 Å². The normalized spacial score (nSPS) is 17.4. The van der Waals surface area contributed by atoms with Gasteiger partial charge in [0.05, 0.1) is 22.0 Å². The molecule has 1 atom stereocenters. The molecule has 1 amide bonds. The molecule has 7 heteroatoms. The standard InChI is InChI=1S/C27H21BrClNO3S/c28-21-10-12-24(34-14-25(31)30-23-11-7-16(27(32)33)13-22(23)29)26(21)20-9-8-17(15-5-6-15)18-3-1-2-4-19(18)20/h1-4,7-13,15,26H,5-6,14H2,(H,30,31)(H,32,33). The first-order valence-electron chi connectivity index (χ1n) is 11.0. The highest BCUT2D eigenvalue weighted by Gasteiger charge is 2.29. The number of hydrogen-bond donors (Lipinski definition) is 2. The maximum atomic E-state index is 12.6. The Balaban J connectivity index is 1.32. The summed E-state index contributed by atoms with van der Waals surface area (Å²) >= 11 is 11.4. The van der Waals surface area contributed by atoms with Crippen LogP contribution in [-0.4, -0.2) is 22.7 Å². The van der Waals surface area contributed by atoms with Crippen molar-refractivity contribution in [2.24, 2.45) is 0 Å². The van der Waals surface area contributed by atoms with Crippen LogP contribution < -0.4 is 5.32 Å². The van der Waals surface area contributed by atoms with E-state index in [0.29, 0.717) is 11.6 Å². The van der Waals surface area contributed by atoms with Gasteiger partial charge in [0, 0.05) is 10.4 Å². The van der Waals surface area contributed by atoms with Crippen LogP contribution in [0.5, 0.6) is 0 Å². The van der Waals surface area contributed by atoms with Gasteiger partial charge < -0.3 is 10.4 Å². The molecule has 1 fully saturated rings. The summed E-state index contributed by atoms with van der Waals surface area (Å²) in [7, 11) is 0. The second-order valence-electron chi connectivity index (χ2n) is 8.45. The zero-order valence-corrected chi connectivity index (χ0v) is 21.2. The highest BCUT2D eigenvalue weighted by molar-refractivity contribution is 9.11. The number of carboxylic acid groups (broad SMARTS) is 1. The number of fused-ring (bicyclic) bond motifs is 1. The molecule has 0 aliphatic heterocycles. The van der Waals surface area contributed by atoms with Crippen molar-refractivity contribution >= 4 is 67.6 Å². The topological polar surface area (TPSA) is 66.4 Å². The van der Waals surface area contributed by atoms with Crippen LogP contribution in [0, 0.1) is 0 Å². The number of halogens is 2. The van der Waals surface area contributed by atoms with Gasteiger partial charge in [-0.1, -0.05) is 76.1 Å². The van der Waals surface area contributed by atoms with E-state index in [2.05, 4.69) is 69.8 Å². The third-order valence-electron chi connectivity index (χ3n) is 6.15. The van der Waals surface area contributed by atoms with Gasteiger partial charge in [0.15, 0.2) is 0 Å². The van der Waals surface area contributed by atoms with E-state index in [0.717, 1.165) is 9.39 Å². The minimum atomic E-state index is -1.06. The lowest BCUT2D eigenvalue weighted by molar-refractivity contribution is -0.113. The molecule has 3 aromatic rings. The molecule has 0 aromatic heterocycles. The summed E-state index contributed by atoms with van der Waals surface area (Å²) in [6.07, 6.45) is 6.63. The molecule has 172 valence electrons. The van der Waals surface area contributed by atoms with Crippen LogP contribution in [0.2, 0.25) is 5.02 Å². The molecule has 2 aliphatic rings. The third kappa shape index (κ3) is 4.67. The van der Waals surface area contributed by atoms with Gasteiger partial charge in [-0.3, -0.25) is 4.79 Å². The Morgan fingerprint density at radius 1 is 1.03 bits per heavy atom. The number of allylic oxidation sites excluding steroid dienone is 4. The zero-order chi connectivity index (χ0) is 23.8. The van der Waals surface area contributed by atoms with E-state index in [4.69, 9.17) is 16.7 Å². The molecule has 2 aliphatic carbocycles. The van der Waals surface area contributed by atoms with Crippen LogP contribution in [-0.2, 0) is 4.79 Å². The summed E-state index contributed by atoms with van der Waals surface area (Å²) in [6.45, 7) is 0. The minimum absolute atomic E-state index is 0.0504. The fourth-order valence-corrected chi connectivity index (χ4v) is 6.32. The smallest absolute Gasteiger partial charge is 0.335 e. The van der Waals surface area contributed by atoms with Crippen LogP contribution in [0.4, 0.5) is 5.69 Å². The SMILES string of the molecule is O=C(CSC1=CC=C(Br)C1c1ccc(C2CC2)c2ccccc12)Nc1ccc(C(=O)O)cc1Cl. The summed E-state index contributed by atoms with van der Waals surface area (Å²) in [5.41, 5.74) is 3.13. The van der Waals surface area contributed by atoms with Crippen molar-refractivity contribution in [3.8, 4) is 0 Å². The fourth-order valence-electron chi connectivity index (χ4n) is 4.36. The van der Waals surface area contributed by atoms with Gasteiger partial charge >= 0.3 is 5.97 Å². The first-order valence-corrected chi connectivity index (χ1v) is 13.1. The Hall–Kier alpha value is -2.54. The number of hydrogen-bond acceptors (Lipinski definition) is 3. The third-order valence-corrected chi connectivity index (χ3v) is 8.29. The molecule has 2 N–H and O–H groups in total. The molecule has 0 heterocycles. The maximum absolute atomic E-state index is 12.6. The number of aromatic carboxylic acids is 1. The molecule has 5 rings (SSSR count). The summed E-state index contributed by atoms with van der Waals surface area (Å²) in [5, 5.41) is 14.6. The lowest BCUT2D eigenvalue weighted by atomic mass is 9.90. The minimum Gasteiger partial charge on any atom is -0.478 e. The van der Waals surface area contributed by atoms with E-state index in [1.807, 2.05) is 0 Å². The maximum Gasteiger partial charge on any atom is 0.335 e. The molecule has 3 aromatic carbocycles. The molecular formula is C27H21BrClNO3S. The first kappa shape index (κ1) is 23.2. The van der Waals surface area contributed by atoms with Crippen molar-refractivity contribution in [2.75, 3.05) is 11.1 Å². The van der Waals surface area contributed by atoms with Crippen LogP contribution >= 0.6 is 39.3 Å².